The highest BCUT2D eigenvalue weighted by Crippen LogP contribution is 2.46. The van der Waals surface area contributed by atoms with Gasteiger partial charge in [-0.15, -0.1) is 10.1 Å². The van der Waals surface area contributed by atoms with Gasteiger partial charge in [-0.3, -0.25) is 4.79 Å². The van der Waals surface area contributed by atoms with Crippen molar-refractivity contribution in [3.05, 3.63) is 58.2 Å². The molecule has 1 aromatic carbocycles. The second-order valence-corrected chi connectivity index (χ2v) is 30.7. The van der Waals surface area contributed by atoms with E-state index in [1.54, 1.807) is 0 Å². The molecule has 0 heterocycles. The highest BCUT2D eigenvalue weighted by atomic mass is 28.4. The van der Waals surface area contributed by atoms with E-state index in [4.69, 9.17) is 18.0 Å². The number of allylic oxidation sites excluding steroid dienone is 2. The second kappa shape index (κ2) is 27.8. The smallest absolute Gasteiger partial charge is 0.305 e. The molecule has 1 aliphatic carbocycles. The first-order valence-corrected chi connectivity index (χ1v) is 30.7. The number of hydrogen-bond acceptors (Lipinski definition) is 8. The summed E-state index contributed by atoms with van der Waals surface area (Å²) in [6.07, 6.45) is 14.4. The predicted molar refractivity (Wildman–Crippen MR) is 243 cm³/mol. The zero-order chi connectivity index (χ0) is 42.2. The van der Waals surface area contributed by atoms with Crippen LogP contribution in [0, 0.1) is 22.0 Å². The number of carbonyl (C=O) groups excluding carboxylic acids is 1. The molecule has 0 aromatic heterocycles. The Hall–Kier alpha value is -1.84. The van der Waals surface area contributed by atoms with Crippen LogP contribution in [-0.4, -0.2) is 67.5 Å². The van der Waals surface area contributed by atoms with Crippen molar-refractivity contribution in [1.82, 2.24) is 0 Å². The fourth-order valence-corrected chi connectivity index (χ4v) is 17.8. The summed E-state index contributed by atoms with van der Waals surface area (Å²) >= 11 is 0. The first kappa shape index (κ1) is 51.3. The van der Waals surface area contributed by atoms with Crippen molar-refractivity contribution in [1.29, 1.82) is 0 Å². The van der Waals surface area contributed by atoms with Gasteiger partial charge in [0.15, 0.2) is 25.0 Å². The summed E-state index contributed by atoms with van der Waals surface area (Å²) in [5.74, 6) is 0.566. The summed E-state index contributed by atoms with van der Waals surface area (Å²) in [5, 5.41) is 9.50. The molecule has 2 rings (SSSR count). The van der Waals surface area contributed by atoms with Crippen LogP contribution in [0.5, 0.6) is 0 Å². The van der Waals surface area contributed by atoms with Crippen molar-refractivity contribution in [2.45, 2.75) is 206 Å². The van der Waals surface area contributed by atoms with Crippen molar-refractivity contribution in [3.63, 3.8) is 0 Å². The van der Waals surface area contributed by atoms with E-state index in [0.29, 0.717) is 31.1 Å². The maximum atomic E-state index is 12.3. The maximum Gasteiger partial charge on any atom is 0.305 e. The zero-order valence-corrected chi connectivity index (χ0v) is 40.7. The Bertz CT molecular complexity index is 1230. The topological polar surface area (TPSA) is 106 Å². The molecule has 0 unspecified atom stereocenters. The van der Waals surface area contributed by atoms with Crippen LogP contribution in [0.4, 0.5) is 0 Å². The number of benzene rings is 1. The molecule has 328 valence electrons. The summed E-state index contributed by atoms with van der Waals surface area (Å²) in [6, 6.07) is 21.3. The number of ether oxygens (including phenoxy) is 1. The van der Waals surface area contributed by atoms with Crippen LogP contribution in [0.25, 0.3) is 0 Å². The number of aryl methyl sites for hydroxylation is 1. The monoisotopic (exact) mass is 850 g/mol. The molecule has 0 spiro atoms. The lowest BCUT2D eigenvalue weighted by Gasteiger charge is -2.37. The first-order valence-electron chi connectivity index (χ1n) is 23.1. The largest absolute Gasteiger partial charge is 0.466 e. The standard InChI is InChI=1S/C45H83NO8Si3/c1-10-55(11-2,12-3)52-40(33-32-39-28-22-21-23-29-39)34-35-42-41(30-24-19-20-25-31-45(47)50-36-26-27-37-51-46(48)49)43(53-56(13-4,14-5)15-6)38-44(42)54-57(16-7,17-8)18-9/h19,21-24,28-29,40-44H,10-18,20,25-27,30-38H2,1-9H3/b24-19-/t40-,41+,42+,43-,44+/m0/s1. The number of nitrogens with zero attached hydrogens (tertiary/aromatic N) is 1. The van der Waals surface area contributed by atoms with Crippen molar-refractivity contribution >= 4 is 30.9 Å². The van der Waals surface area contributed by atoms with Crippen molar-refractivity contribution in [3.8, 4) is 0 Å². The van der Waals surface area contributed by atoms with E-state index in [1.807, 2.05) is 0 Å². The molecule has 1 fully saturated rings. The molecule has 0 bridgehead atoms. The Morgan fingerprint density at radius 2 is 1.28 bits per heavy atom. The van der Waals surface area contributed by atoms with Gasteiger partial charge in [0.1, 0.15) is 0 Å². The third kappa shape index (κ3) is 17.3. The van der Waals surface area contributed by atoms with E-state index in [1.165, 1.54) is 5.56 Å². The van der Waals surface area contributed by atoms with Crippen LogP contribution < -0.4 is 0 Å². The van der Waals surface area contributed by atoms with Crippen LogP contribution >= 0.6 is 0 Å². The van der Waals surface area contributed by atoms with Crippen LogP contribution in [0.2, 0.25) is 54.4 Å². The number of hydrogen-bond donors (Lipinski definition) is 0. The number of unbranched alkanes of at least 4 members (excludes halogenated alkanes) is 2. The molecule has 5 atom stereocenters. The molecule has 9 nitrogen and oxygen atoms in total. The fraction of sp³-hybridized carbons (Fsp3) is 0.800. The SMILES string of the molecule is CC[Si](CC)(CC)O[C@@H](CCc1ccccc1)CC[C@@H]1[C@@H](C/C=C\CCCC(=O)OCCCCO[N+](=O)[O-])[C@@H](O[Si](CC)(CC)CC)C[C@H]1O[Si](CC)(CC)CC. The number of rotatable bonds is 33. The molecule has 57 heavy (non-hydrogen) atoms. The van der Waals surface area contributed by atoms with Gasteiger partial charge in [-0.2, -0.15) is 0 Å². The molecule has 0 N–H and O–H groups in total. The van der Waals surface area contributed by atoms with E-state index in [-0.39, 0.29) is 37.5 Å². The average Bonchev–Trinajstić information content (AvgIpc) is 3.55. The quantitative estimate of drug-likeness (QED) is 0.0172. The van der Waals surface area contributed by atoms with Gasteiger partial charge < -0.3 is 22.9 Å². The minimum absolute atomic E-state index is 0.0224. The predicted octanol–water partition coefficient (Wildman–Crippen LogP) is 12.9. The lowest BCUT2D eigenvalue weighted by molar-refractivity contribution is -0.757. The lowest BCUT2D eigenvalue weighted by atomic mass is 9.85. The molecule has 0 aliphatic heterocycles. The average molecular weight is 850 g/mol. The maximum absolute atomic E-state index is 12.3. The minimum atomic E-state index is -1.88. The highest BCUT2D eigenvalue weighted by Gasteiger charge is 2.49. The van der Waals surface area contributed by atoms with Crippen LogP contribution in [-0.2, 0) is 34.1 Å². The molecule has 0 amide bonds. The third-order valence-corrected chi connectivity index (χ3v) is 27.8. The van der Waals surface area contributed by atoms with Crippen LogP contribution in [0.3, 0.4) is 0 Å². The molecule has 1 saturated carbocycles. The van der Waals surface area contributed by atoms with E-state index in [9.17, 15) is 14.9 Å². The Labute approximate surface area is 351 Å². The van der Waals surface area contributed by atoms with Crippen LogP contribution in [0.1, 0.15) is 132 Å². The molecule has 1 aromatic rings. The fourth-order valence-electron chi connectivity index (χ4n) is 9.07. The van der Waals surface area contributed by atoms with E-state index >= 15 is 0 Å². The van der Waals surface area contributed by atoms with Gasteiger partial charge in [0.05, 0.1) is 25.4 Å². The van der Waals surface area contributed by atoms with Crippen molar-refractivity contribution in [2.24, 2.45) is 11.8 Å². The van der Waals surface area contributed by atoms with Crippen LogP contribution in [0.15, 0.2) is 42.5 Å². The minimum Gasteiger partial charge on any atom is -0.466 e. The Balaban J connectivity index is 2.33. The molecular formula is C45H83NO8Si3. The normalized spacial score (nSPS) is 19.6. The molecule has 1 aliphatic rings. The van der Waals surface area contributed by atoms with Gasteiger partial charge in [-0.1, -0.05) is 105 Å². The van der Waals surface area contributed by atoms with E-state index in [2.05, 4.69) is 110 Å². The van der Waals surface area contributed by atoms with E-state index in [0.717, 1.165) is 106 Å². The second-order valence-electron chi connectivity index (χ2n) is 16.5. The lowest BCUT2D eigenvalue weighted by Crippen LogP contribution is -2.42. The van der Waals surface area contributed by atoms with Crippen molar-refractivity contribution < 1.29 is 32.7 Å². The molecule has 12 heteroatoms. The van der Waals surface area contributed by atoms with Crippen molar-refractivity contribution in [2.75, 3.05) is 13.2 Å². The number of esters is 1. The first-order chi connectivity index (χ1) is 27.5. The summed E-state index contributed by atoms with van der Waals surface area (Å²) in [4.78, 5) is 27.0. The summed E-state index contributed by atoms with van der Waals surface area (Å²) in [6.45, 7) is 21.4. The zero-order valence-electron chi connectivity index (χ0n) is 37.7. The molecular weight excluding hydrogens is 767 g/mol. The third-order valence-electron chi connectivity index (χ3n) is 13.7. The van der Waals surface area contributed by atoms with Gasteiger partial charge >= 0.3 is 5.97 Å². The summed E-state index contributed by atoms with van der Waals surface area (Å²) in [5.41, 5.74) is 1.39. The van der Waals surface area contributed by atoms with Gasteiger partial charge in [-0.25, -0.2) is 0 Å². The van der Waals surface area contributed by atoms with Gasteiger partial charge in [0.25, 0.3) is 5.09 Å². The summed E-state index contributed by atoms with van der Waals surface area (Å²) in [7, 11) is -5.58. The highest BCUT2D eigenvalue weighted by molar-refractivity contribution is 6.74. The Kier molecular flexibility index (Phi) is 25.0. The van der Waals surface area contributed by atoms with Gasteiger partial charge in [-0.05, 0) is 136 Å². The number of carbonyl (C=O) groups is 1. The summed E-state index contributed by atoms with van der Waals surface area (Å²) < 4.78 is 27.7. The van der Waals surface area contributed by atoms with E-state index < -0.39 is 30.0 Å². The van der Waals surface area contributed by atoms with Gasteiger partial charge in [0.2, 0.25) is 0 Å². The Morgan fingerprint density at radius 3 is 1.82 bits per heavy atom. The molecule has 0 radical (unpaired) electrons. The molecule has 0 saturated heterocycles. The van der Waals surface area contributed by atoms with Gasteiger partial charge in [0, 0.05) is 12.5 Å². The Morgan fingerprint density at radius 1 is 0.737 bits per heavy atom.